The summed E-state index contributed by atoms with van der Waals surface area (Å²) in [5, 5.41) is 0. The molecule has 0 N–H and O–H groups in total. The van der Waals surface area contributed by atoms with Gasteiger partial charge in [0, 0.05) is 39.6 Å². The molecule has 0 radical (unpaired) electrons. The lowest BCUT2D eigenvalue weighted by Crippen LogP contribution is -2.69. The quantitative estimate of drug-likeness (QED) is 0.402. The highest BCUT2D eigenvalue weighted by Gasteiger charge is 2.61. The van der Waals surface area contributed by atoms with Gasteiger partial charge in [-0.15, -0.1) is 13.2 Å². The molecule has 2 aliphatic heterocycles. The van der Waals surface area contributed by atoms with Crippen molar-refractivity contribution in [2.45, 2.75) is 18.5 Å². The molecule has 1 saturated heterocycles. The number of benzene rings is 1. The molecule has 1 unspecified atom stereocenters. The van der Waals surface area contributed by atoms with Gasteiger partial charge in [0.15, 0.2) is 6.61 Å². The number of anilines is 1. The van der Waals surface area contributed by atoms with Crippen LogP contribution < -0.4 is 4.90 Å². The molecular weight excluding hydrogens is 414 g/mol. The highest BCUT2D eigenvalue weighted by Crippen LogP contribution is 2.44. The summed E-state index contributed by atoms with van der Waals surface area (Å²) in [7, 11) is 1.48. The fraction of sp³-hybridized carbons (Fsp3) is 0.391. The summed E-state index contributed by atoms with van der Waals surface area (Å²) in [5.74, 6) is -1.95. The smallest absolute Gasteiger partial charge is 0.354 e. The van der Waals surface area contributed by atoms with Crippen molar-refractivity contribution in [3.63, 3.8) is 0 Å². The zero-order chi connectivity index (χ0) is 23.3. The van der Waals surface area contributed by atoms with Crippen LogP contribution in [0.3, 0.4) is 0 Å². The summed E-state index contributed by atoms with van der Waals surface area (Å²) in [5.41, 5.74) is -0.985. The largest absolute Gasteiger partial charge is 0.452 e. The average Bonchev–Trinajstić information content (AvgIpc) is 3.15. The Morgan fingerprint density at radius 3 is 2.53 bits per heavy atom. The van der Waals surface area contributed by atoms with Gasteiger partial charge in [-0.2, -0.15) is 0 Å². The number of carbonyl (C=O) groups is 4. The van der Waals surface area contributed by atoms with Crippen LogP contribution in [0.15, 0.2) is 49.6 Å². The molecule has 1 atom stereocenters. The lowest BCUT2D eigenvalue weighted by molar-refractivity contribution is -0.162. The van der Waals surface area contributed by atoms with Crippen LogP contribution in [0.4, 0.5) is 5.69 Å². The number of hydrogen-bond acceptors (Lipinski definition) is 6. The summed E-state index contributed by atoms with van der Waals surface area (Å²) >= 11 is 0. The van der Waals surface area contributed by atoms with Gasteiger partial charge in [0.05, 0.1) is 17.9 Å². The van der Waals surface area contributed by atoms with Crippen molar-refractivity contribution in [3.05, 3.63) is 55.1 Å². The van der Waals surface area contributed by atoms with Crippen molar-refractivity contribution in [3.8, 4) is 0 Å². The monoisotopic (exact) mass is 441 g/mol. The molecule has 3 amide bonds. The summed E-state index contributed by atoms with van der Waals surface area (Å²) in [6, 6.07) is 6.64. The number of para-hydroxylation sites is 1. The Kier molecular flexibility index (Phi) is 7.09. The first-order valence-electron chi connectivity index (χ1n) is 10.3. The predicted molar refractivity (Wildman–Crippen MR) is 117 cm³/mol. The lowest BCUT2D eigenvalue weighted by atomic mass is 9.96. The van der Waals surface area contributed by atoms with E-state index in [1.165, 1.54) is 21.8 Å². The van der Waals surface area contributed by atoms with Gasteiger partial charge >= 0.3 is 5.97 Å². The molecule has 9 nitrogen and oxygen atoms in total. The van der Waals surface area contributed by atoms with Crippen LogP contribution in [0.5, 0.6) is 0 Å². The van der Waals surface area contributed by atoms with Crippen LogP contribution in [0.25, 0.3) is 0 Å². The second-order valence-corrected chi connectivity index (χ2v) is 7.46. The molecule has 0 aliphatic carbocycles. The second kappa shape index (κ2) is 9.78. The minimum absolute atomic E-state index is 0.0612. The number of methoxy groups -OCH3 is 1. The van der Waals surface area contributed by atoms with E-state index in [0.717, 1.165) is 0 Å². The summed E-state index contributed by atoms with van der Waals surface area (Å²) in [4.78, 5) is 56.3. The van der Waals surface area contributed by atoms with E-state index < -0.39 is 30.1 Å². The van der Waals surface area contributed by atoms with Crippen LogP contribution in [-0.4, -0.2) is 79.1 Å². The Labute approximate surface area is 186 Å². The Bertz CT molecular complexity index is 935. The number of amides is 3. The average molecular weight is 441 g/mol. The van der Waals surface area contributed by atoms with Gasteiger partial charge in [0.1, 0.15) is 0 Å². The van der Waals surface area contributed by atoms with Crippen molar-refractivity contribution in [1.82, 2.24) is 9.80 Å². The molecule has 9 heteroatoms. The minimum atomic E-state index is -1.66. The molecule has 2 aliphatic rings. The maximum absolute atomic E-state index is 13.5. The number of hydrogen-bond donors (Lipinski definition) is 0. The van der Waals surface area contributed by atoms with E-state index in [2.05, 4.69) is 13.2 Å². The maximum atomic E-state index is 13.5. The van der Waals surface area contributed by atoms with Crippen LogP contribution in [0.1, 0.15) is 23.2 Å². The molecule has 0 saturated carbocycles. The van der Waals surface area contributed by atoms with Gasteiger partial charge in [0.2, 0.25) is 11.6 Å². The molecular formula is C23H27N3O6. The van der Waals surface area contributed by atoms with Crippen molar-refractivity contribution < 1.29 is 28.7 Å². The molecule has 0 aromatic heterocycles. The zero-order valence-electron chi connectivity index (χ0n) is 18.1. The van der Waals surface area contributed by atoms with Crippen molar-refractivity contribution in [2.24, 2.45) is 0 Å². The van der Waals surface area contributed by atoms with Gasteiger partial charge in [-0.05, 0) is 12.1 Å². The Balaban J connectivity index is 1.95. The Morgan fingerprint density at radius 2 is 1.88 bits per heavy atom. The highest BCUT2D eigenvalue weighted by molar-refractivity contribution is 6.15. The zero-order valence-corrected chi connectivity index (χ0v) is 18.1. The topological polar surface area (TPSA) is 96.5 Å². The minimum Gasteiger partial charge on any atom is -0.452 e. The van der Waals surface area contributed by atoms with Gasteiger partial charge in [0.25, 0.3) is 11.8 Å². The summed E-state index contributed by atoms with van der Waals surface area (Å²) in [6.07, 6.45) is 3.24. The lowest BCUT2D eigenvalue weighted by Gasteiger charge is -2.48. The first-order valence-corrected chi connectivity index (χ1v) is 10.3. The number of rotatable bonds is 10. The summed E-state index contributed by atoms with van der Waals surface area (Å²) < 4.78 is 10.6. The van der Waals surface area contributed by atoms with E-state index >= 15 is 0 Å². The van der Waals surface area contributed by atoms with E-state index in [9.17, 15) is 19.2 Å². The van der Waals surface area contributed by atoms with E-state index in [4.69, 9.17) is 9.47 Å². The van der Waals surface area contributed by atoms with E-state index in [0.29, 0.717) is 11.3 Å². The number of nitrogens with zero attached hydrogens (tertiary/aromatic N) is 3. The fourth-order valence-corrected chi connectivity index (χ4v) is 4.16. The molecule has 1 fully saturated rings. The molecule has 0 bridgehead atoms. The van der Waals surface area contributed by atoms with Crippen molar-refractivity contribution >= 4 is 29.4 Å². The Morgan fingerprint density at radius 1 is 1.19 bits per heavy atom. The number of carbonyl (C=O) groups excluding carboxylic acids is 4. The van der Waals surface area contributed by atoms with Crippen LogP contribution in [0.2, 0.25) is 0 Å². The molecule has 32 heavy (non-hydrogen) atoms. The third-order valence-electron chi connectivity index (χ3n) is 5.60. The first kappa shape index (κ1) is 23.2. The third kappa shape index (κ3) is 3.91. The molecule has 0 spiro atoms. The number of esters is 1. The highest BCUT2D eigenvalue weighted by atomic mass is 16.5. The number of fused-ring (bicyclic) bond motifs is 3. The SMILES string of the molecule is C=CCN(CC=C)C(=O)COC(=O)C12CCC(=O)N1c1ccccc1C(=O)N2CCOC. The molecule has 3 rings (SSSR count). The van der Waals surface area contributed by atoms with Gasteiger partial charge in [-0.25, -0.2) is 4.79 Å². The van der Waals surface area contributed by atoms with Crippen molar-refractivity contribution in [1.29, 1.82) is 0 Å². The molecule has 1 aromatic carbocycles. The molecule has 2 heterocycles. The van der Waals surface area contributed by atoms with Gasteiger partial charge in [-0.1, -0.05) is 24.3 Å². The third-order valence-corrected chi connectivity index (χ3v) is 5.60. The first-order chi connectivity index (χ1) is 15.4. The van der Waals surface area contributed by atoms with Crippen molar-refractivity contribution in [2.75, 3.05) is 44.9 Å². The second-order valence-electron chi connectivity index (χ2n) is 7.46. The normalized spacial score (nSPS) is 19.3. The summed E-state index contributed by atoms with van der Waals surface area (Å²) in [6.45, 7) is 7.48. The van der Waals surface area contributed by atoms with Crippen LogP contribution in [-0.2, 0) is 23.9 Å². The number of ether oxygens (including phenoxy) is 2. The van der Waals surface area contributed by atoms with Gasteiger partial charge < -0.3 is 19.3 Å². The maximum Gasteiger partial charge on any atom is 0.354 e. The molecule has 170 valence electrons. The fourth-order valence-electron chi connectivity index (χ4n) is 4.16. The predicted octanol–water partition coefficient (Wildman–Crippen LogP) is 1.36. The van der Waals surface area contributed by atoms with Crippen LogP contribution >= 0.6 is 0 Å². The molecule has 1 aromatic rings. The van der Waals surface area contributed by atoms with Crippen LogP contribution in [0, 0.1) is 0 Å². The standard InChI is InChI=1S/C23H27N3O6/c1-4-12-24(13-5-2)20(28)16-32-22(30)23-11-10-19(27)26(23)18-9-7-6-8-17(18)21(29)25(23)14-15-31-3/h4-9H,1-2,10-16H2,3H3. The van der Waals surface area contributed by atoms with E-state index in [1.807, 2.05) is 0 Å². The van der Waals surface area contributed by atoms with E-state index in [1.54, 1.807) is 36.4 Å². The Hall–Kier alpha value is -3.46. The van der Waals surface area contributed by atoms with E-state index in [-0.39, 0.29) is 45.0 Å². The van der Waals surface area contributed by atoms with Gasteiger partial charge in [-0.3, -0.25) is 19.3 Å².